The number of carbonyl (C=O) groups is 1. The molecule has 2 aliphatic heterocycles. The maximum Gasteiger partial charge on any atom is 0.251 e. The molecule has 2 aliphatic rings. The molecule has 2 aromatic carbocycles. The number of sulfonamides is 1. The van der Waals surface area contributed by atoms with Gasteiger partial charge in [0, 0.05) is 44.3 Å². The number of hydrogen-bond acceptors (Lipinski definition) is 5. The molecular weight excluding hydrogens is 402 g/mol. The third kappa shape index (κ3) is 4.89. The molecule has 2 fully saturated rings. The Morgan fingerprint density at radius 1 is 1.00 bits per heavy atom. The molecule has 1 N–H and O–H groups in total. The molecule has 4 rings (SSSR count). The molecule has 2 heterocycles. The molecule has 1 atom stereocenters. The van der Waals surface area contributed by atoms with Gasteiger partial charge in [-0.05, 0) is 36.2 Å². The number of rotatable bonds is 6. The van der Waals surface area contributed by atoms with Crippen molar-refractivity contribution in [2.75, 3.05) is 39.4 Å². The minimum absolute atomic E-state index is 0.0953. The van der Waals surface area contributed by atoms with E-state index >= 15 is 0 Å². The monoisotopic (exact) mass is 429 g/mol. The smallest absolute Gasteiger partial charge is 0.251 e. The second-order valence-electron chi connectivity index (χ2n) is 7.72. The van der Waals surface area contributed by atoms with Crippen LogP contribution in [0.1, 0.15) is 22.3 Å². The van der Waals surface area contributed by atoms with Crippen molar-refractivity contribution < 1.29 is 17.9 Å². The van der Waals surface area contributed by atoms with Crippen molar-refractivity contribution in [1.82, 2.24) is 14.5 Å². The van der Waals surface area contributed by atoms with Crippen molar-refractivity contribution in [3.05, 3.63) is 65.7 Å². The zero-order chi connectivity index (χ0) is 21.0. The van der Waals surface area contributed by atoms with Crippen LogP contribution in [0, 0.1) is 0 Å². The van der Waals surface area contributed by atoms with Crippen LogP contribution in [-0.4, -0.2) is 69.0 Å². The Bertz CT molecular complexity index is 958. The van der Waals surface area contributed by atoms with Crippen LogP contribution in [-0.2, 0) is 21.3 Å². The summed E-state index contributed by atoms with van der Waals surface area (Å²) in [7, 11) is -3.55. The van der Waals surface area contributed by atoms with Crippen LogP contribution in [0.2, 0.25) is 0 Å². The standard InChI is InChI=1S/C22H27N3O4S/c26-22(23-20-10-11-24(17-20)16-18-4-2-1-3-5-18)19-6-8-21(9-7-19)30(27,28)25-12-14-29-15-13-25/h1-9,20H,10-17H2,(H,23,26). The molecule has 160 valence electrons. The van der Waals surface area contributed by atoms with Gasteiger partial charge in [-0.1, -0.05) is 30.3 Å². The summed E-state index contributed by atoms with van der Waals surface area (Å²) in [6, 6.07) is 16.6. The van der Waals surface area contributed by atoms with Crippen LogP contribution in [0.3, 0.4) is 0 Å². The van der Waals surface area contributed by atoms with Gasteiger partial charge in [0.2, 0.25) is 10.0 Å². The first-order valence-corrected chi connectivity index (χ1v) is 11.7. The molecule has 8 heteroatoms. The summed E-state index contributed by atoms with van der Waals surface area (Å²) >= 11 is 0. The van der Waals surface area contributed by atoms with E-state index in [1.165, 1.54) is 22.0 Å². The van der Waals surface area contributed by atoms with E-state index in [0.29, 0.717) is 31.9 Å². The Morgan fingerprint density at radius 3 is 2.40 bits per heavy atom. The number of benzene rings is 2. The molecule has 30 heavy (non-hydrogen) atoms. The second-order valence-corrected chi connectivity index (χ2v) is 9.66. The first-order valence-electron chi connectivity index (χ1n) is 10.3. The van der Waals surface area contributed by atoms with Gasteiger partial charge >= 0.3 is 0 Å². The summed E-state index contributed by atoms with van der Waals surface area (Å²) < 4.78 is 32.0. The van der Waals surface area contributed by atoms with Gasteiger partial charge in [0.05, 0.1) is 18.1 Å². The highest BCUT2D eigenvalue weighted by atomic mass is 32.2. The topological polar surface area (TPSA) is 79.0 Å². The van der Waals surface area contributed by atoms with Crippen LogP contribution in [0.25, 0.3) is 0 Å². The van der Waals surface area contributed by atoms with E-state index in [0.717, 1.165) is 26.1 Å². The van der Waals surface area contributed by atoms with Gasteiger partial charge in [-0.15, -0.1) is 0 Å². The van der Waals surface area contributed by atoms with Crippen LogP contribution >= 0.6 is 0 Å². The van der Waals surface area contributed by atoms with Gasteiger partial charge in [-0.25, -0.2) is 8.42 Å². The fourth-order valence-electron chi connectivity index (χ4n) is 3.92. The SMILES string of the molecule is O=C(NC1CCN(Cc2ccccc2)C1)c1ccc(S(=O)(=O)N2CCOCC2)cc1. The summed E-state index contributed by atoms with van der Waals surface area (Å²) in [4.78, 5) is 15.2. The average molecular weight is 430 g/mol. The summed E-state index contributed by atoms with van der Waals surface area (Å²) in [6.07, 6.45) is 0.905. The number of amides is 1. The number of hydrogen-bond donors (Lipinski definition) is 1. The first-order chi connectivity index (χ1) is 14.5. The Labute approximate surface area is 177 Å². The predicted molar refractivity (Wildman–Crippen MR) is 114 cm³/mol. The number of carbonyl (C=O) groups excluding carboxylic acids is 1. The second kappa shape index (κ2) is 9.26. The number of morpholine rings is 1. The van der Waals surface area contributed by atoms with E-state index in [-0.39, 0.29) is 16.8 Å². The van der Waals surface area contributed by atoms with Crippen molar-refractivity contribution >= 4 is 15.9 Å². The molecule has 0 saturated carbocycles. The quantitative estimate of drug-likeness (QED) is 0.756. The molecular formula is C22H27N3O4S. The van der Waals surface area contributed by atoms with Gasteiger partial charge in [0.1, 0.15) is 0 Å². The van der Waals surface area contributed by atoms with E-state index in [9.17, 15) is 13.2 Å². The molecule has 0 aromatic heterocycles. The molecule has 0 spiro atoms. The summed E-state index contributed by atoms with van der Waals surface area (Å²) in [5.74, 6) is -0.170. The predicted octanol–water partition coefficient (Wildman–Crippen LogP) is 1.71. The van der Waals surface area contributed by atoms with Crippen LogP contribution < -0.4 is 5.32 Å². The average Bonchev–Trinajstić information content (AvgIpc) is 3.21. The minimum atomic E-state index is -3.55. The van der Waals surface area contributed by atoms with Crippen LogP contribution in [0.4, 0.5) is 0 Å². The molecule has 0 bridgehead atoms. The highest BCUT2D eigenvalue weighted by Crippen LogP contribution is 2.18. The van der Waals surface area contributed by atoms with E-state index in [2.05, 4.69) is 22.3 Å². The normalized spacial score (nSPS) is 20.9. The maximum atomic E-state index is 12.7. The van der Waals surface area contributed by atoms with Crippen molar-refractivity contribution in [3.8, 4) is 0 Å². The summed E-state index contributed by atoms with van der Waals surface area (Å²) in [5.41, 5.74) is 1.74. The van der Waals surface area contributed by atoms with Gasteiger partial charge < -0.3 is 10.1 Å². The summed E-state index contributed by atoms with van der Waals surface area (Å²) in [5, 5.41) is 3.08. The lowest BCUT2D eigenvalue weighted by Crippen LogP contribution is -2.40. The van der Waals surface area contributed by atoms with Crippen molar-refractivity contribution in [2.45, 2.75) is 23.9 Å². The number of ether oxygens (including phenoxy) is 1. The lowest BCUT2D eigenvalue weighted by molar-refractivity contribution is 0.0730. The van der Waals surface area contributed by atoms with Crippen molar-refractivity contribution in [2.24, 2.45) is 0 Å². The van der Waals surface area contributed by atoms with E-state index in [1.807, 2.05) is 18.2 Å². The van der Waals surface area contributed by atoms with Gasteiger partial charge in [0.25, 0.3) is 5.91 Å². The van der Waals surface area contributed by atoms with E-state index in [4.69, 9.17) is 4.74 Å². The number of nitrogens with one attached hydrogen (secondary N) is 1. The molecule has 2 aromatic rings. The molecule has 1 unspecified atom stereocenters. The van der Waals surface area contributed by atoms with E-state index in [1.54, 1.807) is 12.1 Å². The fraction of sp³-hybridized carbons (Fsp3) is 0.409. The number of likely N-dealkylation sites (tertiary alicyclic amines) is 1. The van der Waals surface area contributed by atoms with Crippen LogP contribution in [0.5, 0.6) is 0 Å². The lowest BCUT2D eigenvalue weighted by atomic mass is 10.2. The Kier molecular flexibility index (Phi) is 6.48. The maximum absolute atomic E-state index is 12.7. The van der Waals surface area contributed by atoms with Crippen LogP contribution in [0.15, 0.2) is 59.5 Å². The Morgan fingerprint density at radius 2 is 1.70 bits per heavy atom. The highest BCUT2D eigenvalue weighted by Gasteiger charge is 2.27. The molecule has 2 saturated heterocycles. The fourth-order valence-corrected chi connectivity index (χ4v) is 5.33. The minimum Gasteiger partial charge on any atom is -0.379 e. The van der Waals surface area contributed by atoms with Gasteiger partial charge in [-0.3, -0.25) is 9.69 Å². The Balaban J connectivity index is 1.33. The molecule has 0 radical (unpaired) electrons. The number of nitrogens with zero attached hydrogens (tertiary/aromatic N) is 2. The molecule has 7 nitrogen and oxygen atoms in total. The van der Waals surface area contributed by atoms with Crippen molar-refractivity contribution in [1.29, 1.82) is 0 Å². The zero-order valence-corrected chi connectivity index (χ0v) is 17.7. The zero-order valence-electron chi connectivity index (χ0n) is 16.9. The third-order valence-electron chi connectivity index (χ3n) is 5.58. The summed E-state index contributed by atoms with van der Waals surface area (Å²) in [6.45, 7) is 4.14. The van der Waals surface area contributed by atoms with E-state index < -0.39 is 10.0 Å². The highest BCUT2D eigenvalue weighted by molar-refractivity contribution is 7.89. The van der Waals surface area contributed by atoms with Gasteiger partial charge in [-0.2, -0.15) is 4.31 Å². The largest absolute Gasteiger partial charge is 0.379 e. The van der Waals surface area contributed by atoms with Crippen molar-refractivity contribution in [3.63, 3.8) is 0 Å². The first kappa shape index (κ1) is 21.0. The molecule has 0 aliphatic carbocycles. The molecule has 1 amide bonds. The van der Waals surface area contributed by atoms with Gasteiger partial charge in [0.15, 0.2) is 0 Å². The third-order valence-corrected chi connectivity index (χ3v) is 7.49. The Hall–Kier alpha value is -2.26. The lowest BCUT2D eigenvalue weighted by Gasteiger charge is -2.26.